The van der Waals surface area contributed by atoms with E-state index in [9.17, 15) is 13.2 Å². The van der Waals surface area contributed by atoms with Crippen LogP contribution in [0.15, 0.2) is 29.2 Å². The van der Waals surface area contributed by atoms with Gasteiger partial charge in [-0.25, -0.2) is 0 Å². The van der Waals surface area contributed by atoms with Gasteiger partial charge >= 0.3 is 143 Å². The predicted molar refractivity (Wildman–Crippen MR) is 101 cm³/mol. The topological polar surface area (TPSA) is 177 Å². The number of carbonyl (C=O) groups is 1. The van der Waals surface area contributed by atoms with E-state index in [1.807, 2.05) is 0 Å². The van der Waals surface area contributed by atoms with E-state index in [0.717, 1.165) is 27.9 Å². The number of hydrogen-bond donors (Lipinski definition) is 3. The molecule has 1 heterocycles. The van der Waals surface area contributed by atoms with Crippen molar-refractivity contribution in [1.82, 2.24) is 15.0 Å². The number of rotatable bonds is 5. The van der Waals surface area contributed by atoms with E-state index < -0.39 is 26.1 Å². The number of nitrogens with one attached hydrogen (secondary N) is 1. The van der Waals surface area contributed by atoms with Gasteiger partial charge in [-0.15, -0.1) is 0 Å². The Bertz CT molecular complexity index is 1020. The molecule has 0 saturated heterocycles. The van der Waals surface area contributed by atoms with Crippen LogP contribution in [0.4, 0.5) is 5.69 Å². The van der Waals surface area contributed by atoms with Crippen molar-refractivity contribution in [3.8, 4) is 0 Å². The molecule has 1 aromatic heterocycles. The first-order chi connectivity index (χ1) is 12.8. The number of halogens is 2. The van der Waals surface area contributed by atoms with Gasteiger partial charge in [-0.05, 0) is 23.2 Å². The molecule has 0 aliphatic carbocycles. The molecular formula is C12H11Cl2N4NaO7S2. The van der Waals surface area contributed by atoms with Crippen molar-refractivity contribution in [2.75, 3.05) is 11.1 Å². The molecule has 0 saturated carbocycles. The third-order valence-electron chi connectivity index (χ3n) is 2.73. The second kappa shape index (κ2) is 10.8. The molecule has 1 amide bonds. The Morgan fingerprint density at radius 2 is 1.46 bits per heavy atom. The average molecular weight is 481 g/mol. The van der Waals surface area contributed by atoms with E-state index in [2.05, 4.69) is 20.3 Å². The van der Waals surface area contributed by atoms with E-state index in [-0.39, 0.29) is 27.0 Å². The van der Waals surface area contributed by atoms with Crippen molar-refractivity contribution < 1.29 is 30.7 Å². The standard InChI is InChI=1S/C12H9Cl2N4O3S.Na.H2O4S/c1-2-22(20,21)8-5-3-7(4-6-8)15-10(19)9-16-11(13)18-12(14)17-9;;1-5(2,3)4/h3-6H,1-2H2,(H,15,19);;(H2,1,2,3,4). The average Bonchev–Trinajstić information content (AvgIpc) is 2.53. The minimum atomic E-state index is -4.67. The largest absolute Gasteiger partial charge is 0.394 e. The molecule has 1 aromatic carbocycles. The van der Waals surface area contributed by atoms with Crippen LogP contribution in [0.25, 0.3) is 0 Å². The predicted octanol–water partition coefficient (Wildman–Crippen LogP) is 1.14. The van der Waals surface area contributed by atoms with Crippen molar-refractivity contribution in [2.45, 2.75) is 8.57 Å². The molecule has 0 aliphatic rings. The molecule has 0 fully saturated rings. The zero-order valence-electron chi connectivity index (χ0n) is 14.1. The molecule has 2 aromatic rings. The van der Waals surface area contributed by atoms with E-state index in [1.54, 1.807) is 0 Å². The monoisotopic (exact) mass is 480 g/mol. The van der Waals surface area contributed by atoms with Crippen LogP contribution in [0, 0.1) is 0 Å². The van der Waals surface area contributed by atoms with Gasteiger partial charge in [0.1, 0.15) is 0 Å². The second-order valence-electron chi connectivity index (χ2n) is 4.94. The van der Waals surface area contributed by atoms with Crippen LogP contribution in [0.3, 0.4) is 0 Å². The molecule has 2 rings (SSSR count). The maximum atomic E-state index is 12.0. The first kappa shape index (κ1) is 25.1. The molecule has 0 aliphatic heterocycles. The van der Waals surface area contributed by atoms with Gasteiger partial charge in [0.05, 0.1) is 0 Å². The number of amides is 1. The summed E-state index contributed by atoms with van der Waals surface area (Å²) in [6.07, 6.45) is 0. The summed E-state index contributed by atoms with van der Waals surface area (Å²) in [6.45, 7) is 0. The van der Waals surface area contributed by atoms with Gasteiger partial charge in [-0.1, -0.05) is 0 Å². The third-order valence-corrected chi connectivity index (χ3v) is 6.23. The maximum absolute atomic E-state index is 12.0. The molecule has 0 atom stereocenters. The fourth-order valence-corrected chi connectivity index (χ4v) is 5.05. The Hall–Kier alpha value is -0.900. The quantitative estimate of drug-likeness (QED) is 0.415. The van der Waals surface area contributed by atoms with Crippen LogP contribution >= 0.6 is 23.2 Å². The van der Waals surface area contributed by atoms with Gasteiger partial charge in [-0.2, -0.15) is 13.4 Å². The molecular weight excluding hydrogens is 470 g/mol. The van der Waals surface area contributed by atoms with Crippen molar-refractivity contribution in [1.29, 1.82) is 0 Å². The molecule has 0 spiro atoms. The molecule has 0 unspecified atom stereocenters. The van der Waals surface area contributed by atoms with Crippen molar-refractivity contribution >= 4 is 83.0 Å². The van der Waals surface area contributed by atoms with E-state index in [1.165, 1.54) is 24.3 Å². The molecule has 28 heavy (non-hydrogen) atoms. The van der Waals surface area contributed by atoms with Gasteiger partial charge in [0.25, 0.3) is 0 Å². The number of carbonyl (C=O) groups excluding carboxylic acids is 1. The Balaban J connectivity index is 0.000000696. The molecule has 0 radical (unpaired) electrons. The van der Waals surface area contributed by atoms with Crippen LogP contribution in [-0.4, -0.2) is 80.5 Å². The van der Waals surface area contributed by atoms with E-state index in [0.29, 0.717) is 9.36 Å². The zero-order valence-corrected chi connectivity index (χ0v) is 19.2. The number of sulfone groups is 1. The molecule has 0 bridgehead atoms. The summed E-state index contributed by atoms with van der Waals surface area (Å²) in [5.74, 6) is -0.735. The first-order valence-corrected chi connectivity index (χ1v) is 12.4. The fraction of sp³-hybridized carbons (Fsp3) is 0.167. The zero-order chi connectivity index (χ0) is 21.5. The summed E-state index contributed by atoms with van der Waals surface area (Å²) < 4.78 is 56.1. The van der Waals surface area contributed by atoms with Gasteiger partial charge in [0, 0.05) is 0 Å². The van der Waals surface area contributed by atoms with Crippen LogP contribution in [-0.2, 0) is 20.2 Å². The summed E-state index contributed by atoms with van der Waals surface area (Å²) in [6, 6.07) is 5.86. The number of nitrogens with zero attached hydrogens (tertiary/aromatic N) is 3. The molecule has 3 N–H and O–H groups in total. The van der Waals surface area contributed by atoms with Crippen molar-refractivity contribution in [2.24, 2.45) is 0 Å². The van der Waals surface area contributed by atoms with Crippen LogP contribution in [0.1, 0.15) is 10.6 Å². The Kier molecular flexibility index (Phi) is 9.66. The number of benzene rings is 1. The Labute approximate surface area is 187 Å². The third kappa shape index (κ3) is 9.54. The van der Waals surface area contributed by atoms with Gasteiger partial charge in [-0.3, -0.25) is 9.11 Å². The molecule has 16 heteroatoms. The molecule has 11 nitrogen and oxygen atoms in total. The molecule has 148 valence electrons. The van der Waals surface area contributed by atoms with E-state index in [4.69, 9.17) is 40.7 Å². The van der Waals surface area contributed by atoms with Crippen LogP contribution in [0.2, 0.25) is 14.2 Å². The SMILES string of the molecule is O=C(Nc1ccc(S(=O)(=O)C[CH2][Na])cc1)c1nc(Cl)nc(Cl)n1.O=S(=O)(O)O. The summed E-state index contributed by atoms with van der Waals surface area (Å²) >= 11 is 12.0. The second-order valence-corrected chi connectivity index (χ2v) is 9.62. The fourth-order valence-electron chi connectivity index (χ4n) is 1.75. The summed E-state index contributed by atoms with van der Waals surface area (Å²) in [5.41, 5.74) is 0.396. The van der Waals surface area contributed by atoms with Gasteiger partial charge in [0.2, 0.25) is 0 Å². The van der Waals surface area contributed by atoms with Crippen LogP contribution < -0.4 is 5.32 Å². The summed E-state index contributed by atoms with van der Waals surface area (Å²) in [4.78, 5) is 23.1. The number of anilines is 1. The van der Waals surface area contributed by atoms with Crippen molar-refractivity contribution in [3.63, 3.8) is 0 Å². The number of hydrogen-bond acceptors (Lipinski definition) is 8. The van der Waals surface area contributed by atoms with E-state index >= 15 is 0 Å². The summed E-state index contributed by atoms with van der Waals surface area (Å²) in [7, 11) is -7.93. The minimum Gasteiger partial charge on any atom is -0.264 e. The Morgan fingerprint density at radius 1 is 1.00 bits per heavy atom. The van der Waals surface area contributed by atoms with Crippen molar-refractivity contribution in [3.05, 3.63) is 40.7 Å². The number of aromatic nitrogens is 3. The normalized spacial score (nSPS) is 11.4. The Morgan fingerprint density at radius 3 is 1.89 bits per heavy atom. The maximum Gasteiger partial charge on any atom is 0.394 e. The minimum absolute atomic E-state index is 0.132. The first-order valence-electron chi connectivity index (χ1n) is 7.23. The van der Waals surface area contributed by atoms with Gasteiger partial charge < -0.3 is 0 Å². The van der Waals surface area contributed by atoms with Crippen LogP contribution in [0.5, 0.6) is 0 Å². The van der Waals surface area contributed by atoms with Gasteiger partial charge in [0.15, 0.2) is 0 Å². The smallest absolute Gasteiger partial charge is 0.264 e. The summed E-state index contributed by atoms with van der Waals surface area (Å²) in [5, 5.41) is 2.14.